The summed E-state index contributed by atoms with van der Waals surface area (Å²) < 4.78 is 13.1. The van der Waals surface area contributed by atoms with Gasteiger partial charge >= 0.3 is 5.97 Å². The summed E-state index contributed by atoms with van der Waals surface area (Å²) in [7, 11) is 0. The van der Waals surface area contributed by atoms with E-state index in [-0.39, 0.29) is 6.42 Å². The van der Waals surface area contributed by atoms with Crippen molar-refractivity contribution in [1.29, 1.82) is 0 Å². The molecule has 4 nitrogen and oxygen atoms in total. The SMILES string of the molecule is Cc1ccsc1C(=O)NC(Cc1cccc(F)c1)C(=O)O. The molecule has 0 radical (unpaired) electrons. The molecule has 21 heavy (non-hydrogen) atoms. The minimum atomic E-state index is -1.15. The first-order valence-electron chi connectivity index (χ1n) is 6.29. The summed E-state index contributed by atoms with van der Waals surface area (Å²) in [6, 6.07) is 6.38. The molecule has 0 aliphatic heterocycles. The van der Waals surface area contributed by atoms with Crippen molar-refractivity contribution in [1.82, 2.24) is 5.32 Å². The van der Waals surface area contributed by atoms with Crippen LogP contribution in [-0.4, -0.2) is 23.0 Å². The van der Waals surface area contributed by atoms with Crippen LogP contribution in [0.15, 0.2) is 35.7 Å². The van der Waals surface area contributed by atoms with E-state index in [1.54, 1.807) is 24.4 Å². The van der Waals surface area contributed by atoms with Crippen molar-refractivity contribution in [3.63, 3.8) is 0 Å². The summed E-state index contributed by atoms with van der Waals surface area (Å²) in [5.74, 6) is -2.01. The minimum Gasteiger partial charge on any atom is -0.480 e. The van der Waals surface area contributed by atoms with Crippen LogP contribution in [-0.2, 0) is 11.2 Å². The zero-order valence-corrected chi connectivity index (χ0v) is 12.1. The molecule has 0 saturated carbocycles. The Hall–Kier alpha value is -2.21. The average molecular weight is 307 g/mol. The number of hydrogen-bond acceptors (Lipinski definition) is 3. The number of thiophene rings is 1. The van der Waals surface area contributed by atoms with E-state index >= 15 is 0 Å². The van der Waals surface area contributed by atoms with Crippen LogP contribution in [0, 0.1) is 12.7 Å². The number of rotatable bonds is 5. The Kier molecular flexibility index (Phi) is 4.70. The third kappa shape index (κ3) is 3.88. The fourth-order valence-corrected chi connectivity index (χ4v) is 2.76. The van der Waals surface area contributed by atoms with E-state index in [2.05, 4.69) is 5.32 Å². The van der Waals surface area contributed by atoms with Crippen molar-refractivity contribution >= 4 is 23.2 Å². The van der Waals surface area contributed by atoms with E-state index in [0.29, 0.717) is 10.4 Å². The maximum absolute atomic E-state index is 13.1. The maximum atomic E-state index is 13.1. The van der Waals surface area contributed by atoms with Crippen molar-refractivity contribution in [3.8, 4) is 0 Å². The third-order valence-corrected chi connectivity index (χ3v) is 4.02. The van der Waals surface area contributed by atoms with Crippen LogP contribution < -0.4 is 5.32 Å². The zero-order chi connectivity index (χ0) is 15.4. The van der Waals surface area contributed by atoms with Gasteiger partial charge in [0, 0.05) is 6.42 Å². The Morgan fingerprint density at radius 3 is 2.71 bits per heavy atom. The molecule has 0 aliphatic rings. The quantitative estimate of drug-likeness (QED) is 0.892. The molecule has 1 aromatic heterocycles. The number of carboxylic acid groups (broad SMARTS) is 1. The number of aryl methyl sites for hydroxylation is 1. The van der Waals surface area contributed by atoms with Gasteiger partial charge in [-0.3, -0.25) is 4.79 Å². The van der Waals surface area contributed by atoms with Crippen LogP contribution >= 0.6 is 11.3 Å². The first-order valence-corrected chi connectivity index (χ1v) is 7.17. The third-order valence-electron chi connectivity index (χ3n) is 3.00. The Labute approximate surface area is 125 Å². The number of benzene rings is 1. The van der Waals surface area contributed by atoms with Crippen LogP contribution in [0.1, 0.15) is 20.8 Å². The number of carbonyl (C=O) groups excluding carboxylic acids is 1. The molecule has 1 unspecified atom stereocenters. The average Bonchev–Trinajstić information content (AvgIpc) is 2.84. The summed E-state index contributed by atoms with van der Waals surface area (Å²) in [5.41, 5.74) is 1.32. The van der Waals surface area contributed by atoms with Gasteiger partial charge in [0.1, 0.15) is 11.9 Å². The van der Waals surface area contributed by atoms with Crippen LogP contribution in [0.25, 0.3) is 0 Å². The molecule has 110 valence electrons. The number of aliphatic carboxylic acids is 1. The van der Waals surface area contributed by atoms with Crippen LogP contribution in [0.4, 0.5) is 4.39 Å². The van der Waals surface area contributed by atoms with Gasteiger partial charge in [0.25, 0.3) is 5.91 Å². The summed E-state index contributed by atoms with van der Waals surface area (Å²) >= 11 is 1.26. The highest BCUT2D eigenvalue weighted by Crippen LogP contribution is 2.16. The highest BCUT2D eigenvalue weighted by Gasteiger charge is 2.22. The second-order valence-electron chi connectivity index (χ2n) is 4.63. The molecule has 1 atom stereocenters. The van der Waals surface area contributed by atoms with Crippen LogP contribution in [0.2, 0.25) is 0 Å². The first kappa shape index (κ1) is 15.2. The maximum Gasteiger partial charge on any atom is 0.326 e. The van der Waals surface area contributed by atoms with Gasteiger partial charge in [-0.25, -0.2) is 9.18 Å². The van der Waals surface area contributed by atoms with E-state index in [1.807, 2.05) is 0 Å². The highest BCUT2D eigenvalue weighted by atomic mass is 32.1. The Bertz CT molecular complexity index is 668. The number of carbonyl (C=O) groups is 2. The standard InChI is InChI=1S/C15H14FNO3S/c1-9-5-6-21-13(9)14(18)17-12(15(19)20)8-10-3-2-4-11(16)7-10/h2-7,12H,8H2,1H3,(H,17,18)(H,19,20). The molecular formula is C15H14FNO3S. The monoisotopic (exact) mass is 307 g/mol. The Morgan fingerprint density at radius 1 is 1.38 bits per heavy atom. The zero-order valence-electron chi connectivity index (χ0n) is 11.3. The number of halogens is 1. The van der Waals surface area contributed by atoms with Crippen molar-refractivity contribution in [2.45, 2.75) is 19.4 Å². The fourth-order valence-electron chi connectivity index (χ4n) is 1.93. The lowest BCUT2D eigenvalue weighted by atomic mass is 10.1. The van der Waals surface area contributed by atoms with Gasteiger partial charge in [0.2, 0.25) is 0 Å². The summed E-state index contributed by atoms with van der Waals surface area (Å²) in [6.45, 7) is 1.79. The number of hydrogen-bond donors (Lipinski definition) is 2. The first-order chi connectivity index (χ1) is 9.97. The van der Waals surface area contributed by atoms with Crippen molar-refractivity contribution in [3.05, 3.63) is 57.5 Å². The van der Waals surface area contributed by atoms with Gasteiger partial charge in [-0.15, -0.1) is 11.3 Å². The van der Waals surface area contributed by atoms with E-state index in [4.69, 9.17) is 0 Å². The van der Waals surface area contributed by atoms with Gasteiger partial charge in [-0.2, -0.15) is 0 Å². The van der Waals surface area contributed by atoms with Crippen LogP contribution in [0.3, 0.4) is 0 Å². The lowest BCUT2D eigenvalue weighted by molar-refractivity contribution is -0.139. The lowest BCUT2D eigenvalue weighted by Gasteiger charge is -2.14. The number of nitrogens with one attached hydrogen (secondary N) is 1. The van der Waals surface area contributed by atoms with Gasteiger partial charge in [-0.1, -0.05) is 12.1 Å². The molecule has 0 saturated heterocycles. The predicted molar refractivity (Wildman–Crippen MR) is 78.1 cm³/mol. The van der Waals surface area contributed by atoms with Gasteiger partial charge in [0.05, 0.1) is 4.88 Å². The number of amides is 1. The van der Waals surface area contributed by atoms with E-state index in [1.165, 1.54) is 29.5 Å². The Balaban J connectivity index is 2.11. The van der Waals surface area contributed by atoms with E-state index in [9.17, 15) is 19.1 Å². The molecule has 0 spiro atoms. The topological polar surface area (TPSA) is 66.4 Å². The summed E-state index contributed by atoms with van der Waals surface area (Å²) in [5, 5.41) is 13.5. The smallest absolute Gasteiger partial charge is 0.326 e. The molecule has 0 fully saturated rings. The fraction of sp³-hybridized carbons (Fsp3) is 0.200. The summed E-state index contributed by atoms with van der Waals surface area (Å²) in [4.78, 5) is 23.8. The van der Waals surface area contributed by atoms with E-state index in [0.717, 1.165) is 5.56 Å². The molecule has 1 amide bonds. The van der Waals surface area contributed by atoms with Gasteiger partial charge in [-0.05, 0) is 41.6 Å². The molecule has 2 N–H and O–H groups in total. The molecule has 6 heteroatoms. The second-order valence-corrected chi connectivity index (χ2v) is 5.55. The molecular weight excluding hydrogens is 293 g/mol. The van der Waals surface area contributed by atoms with Crippen molar-refractivity contribution in [2.24, 2.45) is 0 Å². The predicted octanol–water partition coefficient (Wildman–Crippen LogP) is 2.62. The molecule has 1 heterocycles. The summed E-state index contributed by atoms with van der Waals surface area (Å²) in [6.07, 6.45) is 0.0310. The lowest BCUT2D eigenvalue weighted by Crippen LogP contribution is -2.42. The largest absolute Gasteiger partial charge is 0.480 e. The molecule has 2 rings (SSSR count). The van der Waals surface area contributed by atoms with Gasteiger partial charge in [0.15, 0.2) is 0 Å². The highest BCUT2D eigenvalue weighted by molar-refractivity contribution is 7.12. The number of carboxylic acids is 1. The molecule has 1 aromatic carbocycles. The minimum absolute atomic E-state index is 0.0310. The molecule has 2 aromatic rings. The van der Waals surface area contributed by atoms with Gasteiger partial charge < -0.3 is 10.4 Å². The second kappa shape index (κ2) is 6.49. The Morgan fingerprint density at radius 2 is 2.14 bits per heavy atom. The van der Waals surface area contributed by atoms with E-state index < -0.39 is 23.7 Å². The molecule has 0 bridgehead atoms. The van der Waals surface area contributed by atoms with Crippen molar-refractivity contribution < 1.29 is 19.1 Å². The molecule has 0 aliphatic carbocycles. The van der Waals surface area contributed by atoms with Crippen molar-refractivity contribution in [2.75, 3.05) is 0 Å². The normalized spacial score (nSPS) is 11.9. The van der Waals surface area contributed by atoms with Crippen LogP contribution in [0.5, 0.6) is 0 Å².